The van der Waals surface area contributed by atoms with Gasteiger partial charge >= 0.3 is 0 Å². The summed E-state index contributed by atoms with van der Waals surface area (Å²) in [4.78, 5) is 21.9. The Bertz CT molecular complexity index is 761. The minimum atomic E-state index is -1.22. The molecule has 6 nitrogen and oxygen atoms in total. The number of amides is 1. The molecule has 2 rings (SSSR count). The molecule has 0 heterocycles. The first-order chi connectivity index (χ1) is 13.6. The van der Waals surface area contributed by atoms with E-state index in [1.165, 1.54) is 5.56 Å². The van der Waals surface area contributed by atoms with Crippen LogP contribution in [0.4, 0.5) is 0 Å². The highest BCUT2D eigenvalue weighted by atomic mass is 16.5. The summed E-state index contributed by atoms with van der Waals surface area (Å²) in [7, 11) is 1.59. The van der Waals surface area contributed by atoms with Crippen molar-refractivity contribution < 1.29 is 24.2 Å². The van der Waals surface area contributed by atoms with Crippen molar-refractivity contribution in [2.75, 3.05) is 20.3 Å². The van der Waals surface area contributed by atoms with Gasteiger partial charge in [0.25, 0.3) is 0 Å². The molecule has 0 bridgehead atoms. The highest BCUT2D eigenvalue weighted by Crippen LogP contribution is 2.28. The first-order valence-electron chi connectivity index (χ1n) is 9.38. The molecule has 0 saturated carbocycles. The van der Waals surface area contributed by atoms with Gasteiger partial charge < -0.3 is 24.7 Å². The number of carbonyl (C=O) groups is 2. The third-order valence-corrected chi connectivity index (χ3v) is 4.23. The molecule has 2 aromatic rings. The van der Waals surface area contributed by atoms with Crippen molar-refractivity contribution in [2.45, 2.75) is 32.1 Å². The standard InChI is InChI=1S/C22H27NO5/c1-27-20-16-18(13-14-23-21(24)11-12-22(25)26)9-10-19(20)28-15-5-8-17-6-3-2-4-7-17/h2-4,6-7,9-10,16H,5,8,11-15H2,1H3,(H,23,24)(H,25,26)/p-1. The lowest BCUT2D eigenvalue weighted by Gasteiger charge is -2.13. The first kappa shape index (κ1) is 21.3. The van der Waals surface area contributed by atoms with Crippen LogP contribution in [-0.4, -0.2) is 32.1 Å². The van der Waals surface area contributed by atoms with Gasteiger partial charge in [0.15, 0.2) is 11.5 Å². The van der Waals surface area contributed by atoms with Gasteiger partial charge in [-0.3, -0.25) is 4.79 Å². The molecule has 2 aromatic carbocycles. The fourth-order valence-electron chi connectivity index (χ4n) is 2.74. The van der Waals surface area contributed by atoms with E-state index >= 15 is 0 Å². The Morgan fingerprint density at radius 3 is 2.46 bits per heavy atom. The first-order valence-corrected chi connectivity index (χ1v) is 9.38. The molecule has 0 atom stereocenters. The Labute approximate surface area is 165 Å². The normalized spacial score (nSPS) is 10.3. The van der Waals surface area contributed by atoms with E-state index in [9.17, 15) is 14.7 Å². The molecular weight excluding hydrogens is 358 g/mol. The Morgan fingerprint density at radius 2 is 1.75 bits per heavy atom. The fraction of sp³-hybridized carbons (Fsp3) is 0.364. The fourth-order valence-corrected chi connectivity index (χ4v) is 2.74. The van der Waals surface area contributed by atoms with Crippen LogP contribution < -0.4 is 19.9 Å². The molecule has 0 unspecified atom stereocenters. The van der Waals surface area contributed by atoms with Crippen LogP contribution >= 0.6 is 0 Å². The molecule has 0 fully saturated rings. The molecular formula is C22H26NO5-. The highest BCUT2D eigenvalue weighted by molar-refractivity contribution is 5.79. The van der Waals surface area contributed by atoms with Gasteiger partial charge in [-0.1, -0.05) is 36.4 Å². The van der Waals surface area contributed by atoms with E-state index in [1.807, 2.05) is 36.4 Å². The number of carboxylic acids is 1. The minimum absolute atomic E-state index is 0.0680. The van der Waals surface area contributed by atoms with Crippen LogP contribution in [0.2, 0.25) is 0 Å². The number of nitrogens with one attached hydrogen (secondary N) is 1. The molecule has 0 aliphatic rings. The van der Waals surface area contributed by atoms with E-state index in [0.717, 1.165) is 18.4 Å². The lowest BCUT2D eigenvalue weighted by atomic mass is 10.1. The highest BCUT2D eigenvalue weighted by Gasteiger charge is 2.07. The quantitative estimate of drug-likeness (QED) is 0.565. The van der Waals surface area contributed by atoms with Crippen LogP contribution in [0.1, 0.15) is 30.4 Å². The summed E-state index contributed by atoms with van der Waals surface area (Å²) in [6.45, 7) is 1.02. The van der Waals surface area contributed by atoms with E-state index in [1.54, 1.807) is 7.11 Å². The Balaban J connectivity index is 1.76. The molecule has 28 heavy (non-hydrogen) atoms. The topological polar surface area (TPSA) is 87.7 Å². The summed E-state index contributed by atoms with van der Waals surface area (Å²) < 4.78 is 11.3. The minimum Gasteiger partial charge on any atom is -0.550 e. The van der Waals surface area contributed by atoms with E-state index in [4.69, 9.17) is 9.47 Å². The predicted molar refractivity (Wildman–Crippen MR) is 104 cm³/mol. The number of aliphatic carboxylic acids is 1. The van der Waals surface area contributed by atoms with Gasteiger partial charge in [0.05, 0.1) is 13.7 Å². The predicted octanol–water partition coefficient (Wildman–Crippen LogP) is 1.90. The van der Waals surface area contributed by atoms with Crippen LogP contribution in [0.5, 0.6) is 11.5 Å². The van der Waals surface area contributed by atoms with E-state index in [-0.39, 0.29) is 18.7 Å². The smallest absolute Gasteiger partial charge is 0.220 e. The average Bonchev–Trinajstić information content (AvgIpc) is 2.71. The second-order valence-electron chi connectivity index (χ2n) is 6.39. The maximum Gasteiger partial charge on any atom is 0.220 e. The van der Waals surface area contributed by atoms with Crippen molar-refractivity contribution in [1.29, 1.82) is 0 Å². The van der Waals surface area contributed by atoms with E-state index in [0.29, 0.717) is 31.1 Å². The molecule has 150 valence electrons. The lowest BCUT2D eigenvalue weighted by molar-refractivity contribution is -0.305. The molecule has 0 aliphatic heterocycles. The monoisotopic (exact) mass is 384 g/mol. The van der Waals surface area contributed by atoms with Crippen molar-refractivity contribution in [2.24, 2.45) is 0 Å². The van der Waals surface area contributed by atoms with Gasteiger partial charge in [0.1, 0.15) is 0 Å². The number of methoxy groups -OCH3 is 1. The zero-order chi connectivity index (χ0) is 20.2. The van der Waals surface area contributed by atoms with Gasteiger partial charge in [0.2, 0.25) is 5.91 Å². The molecule has 0 radical (unpaired) electrons. The number of carboxylic acid groups (broad SMARTS) is 1. The van der Waals surface area contributed by atoms with Gasteiger partial charge in [0, 0.05) is 18.9 Å². The number of aryl methyl sites for hydroxylation is 1. The molecule has 0 aromatic heterocycles. The van der Waals surface area contributed by atoms with Crippen molar-refractivity contribution in [1.82, 2.24) is 5.32 Å². The number of benzene rings is 2. The maximum absolute atomic E-state index is 11.5. The van der Waals surface area contributed by atoms with E-state index < -0.39 is 5.97 Å². The average molecular weight is 384 g/mol. The number of hydrogen-bond donors (Lipinski definition) is 1. The van der Waals surface area contributed by atoms with Crippen LogP contribution in [0.25, 0.3) is 0 Å². The van der Waals surface area contributed by atoms with Crippen molar-refractivity contribution in [3.05, 3.63) is 59.7 Å². The lowest BCUT2D eigenvalue weighted by Crippen LogP contribution is -2.29. The number of rotatable bonds is 12. The summed E-state index contributed by atoms with van der Waals surface area (Å²) in [6, 6.07) is 16.0. The molecule has 1 amide bonds. The zero-order valence-electron chi connectivity index (χ0n) is 16.1. The summed E-state index contributed by atoms with van der Waals surface area (Å²) in [5, 5.41) is 13.0. The third kappa shape index (κ3) is 7.70. The van der Waals surface area contributed by atoms with Gasteiger partial charge in [-0.15, -0.1) is 0 Å². The van der Waals surface area contributed by atoms with Crippen LogP contribution in [0, 0.1) is 0 Å². The molecule has 0 aliphatic carbocycles. The molecule has 6 heteroatoms. The molecule has 1 N–H and O–H groups in total. The number of carbonyl (C=O) groups excluding carboxylic acids is 2. The maximum atomic E-state index is 11.5. The van der Waals surface area contributed by atoms with Crippen molar-refractivity contribution >= 4 is 11.9 Å². The van der Waals surface area contributed by atoms with E-state index in [2.05, 4.69) is 17.4 Å². The Hall–Kier alpha value is -3.02. The van der Waals surface area contributed by atoms with Gasteiger partial charge in [-0.25, -0.2) is 0 Å². The summed E-state index contributed by atoms with van der Waals surface area (Å²) in [5.41, 5.74) is 2.28. The second kappa shape index (κ2) is 11.6. The SMILES string of the molecule is COc1cc(CCNC(=O)CCC(=O)[O-])ccc1OCCCc1ccccc1. The van der Waals surface area contributed by atoms with Crippen LogP contribution in [0.3, 0.4) is 0 Å². The second-order valence-corrected chi connectivity index (χ2v) is 6.39. The number of ether oxygens (including phenoxy) is 2. The van der Waals surface area contributed by atoms with Crippen molar-refractivity contribution in [3.63, 3.8) is 0 Å². The van der Waals surface area contributed by atoms with Crippen LogP contribution in [-0.2, 0) is 22.4 Å². The summed E-state index contributed by atoms with van der Waals surface area (Å²) >= 11 is 0. The largest absolute Gasteiger partial charge is 0.550 e. The zero-order valence-corrected chi connectivity index (χ0v) is 16.1. The van der Waals surface area contributed by atoms with Gasteiger partial charge in [-0.05, 0) is 48.9 Å². The molecule has 0 saturated heterocycles. The van der Waals surface area contributed by atoms with Crippen LogP contribution in [0.15, 0.2) is 48.5 Å². The Kier molecular flexibility index (Phi) is 8.85. The van der Waals surface area contributed by atoms with Gasteiger partial charge in [-0.2, -0.15) is 0 Å². The molecule has 0 spiro atoms. The summed E-state index contributed by atoms with van der Waals surface area (Å²) in [5.74, 6) is -0.174. The summed E-state index contributed by atoms with van der Waals surface area (Å²) in [6.07, 6.45) is 2.14. The third-order valence-electron chi connectivity index (χ3n) is 4.23. The van der Waals surface area contributed by atoms with Crippen molar-refractivity contribution in [3.8, 4) is 11.5 Å². The Morgan fingerprint density at radius 1 is 0.964 bits per heavy atom. The number of hydrogen-bond acceptors (Lipinski definition) is 5.